The van der Waals surface area contributed by atoms with Crippen LogP contribution in [0.5, 0.6) is 0 Å². The van der Waals surface area contributed by atoms with E-state index < -0.39 is 5.92 Å². The molecule has 0 radical (unpaired) electrons. The molecule has 1 N–H and O–H groups in total. The number of hydrogen-bond donors (Lipinski definition) is 1. The summed E-state index contributed by atoms with van der Waals surface area (Å²) in [5.41, 5.74) is 0. The lowest BCUT2D eigenvalue weighted by Crippen LogP contribution is -2.42. The zero-order valence-corrected chi connectivity index (χ0v) is 8.35. The van der Waals surface area contributed by atoms with E-state index in [1.807, 2.05) is 4.90 Å². The van der Waals surface area contributed by atoms with Crippen molar-refractivity contribution >= 4 is 5.91 Å². The highest BCUT2D eigenvalue weighted by Gasteiger charge is 2.33. The Morgan fingerprint density at radius 3 is 2.50 bits per heavy atom. The first-order valence-electron chi connectivity index (χ1n) is 4.84. The molecule has 1 saturated heterocycles. The molecule has 0 aliphatic carbocycles. The van der Waals surface area contributed by atoms with Gasteiger partial charge in [-0.3, -0.25) is 4.79 Å². The third kappa shape index (κ3) is 4.00. The van der Waals surface area contributed by atoms with Crippen LogP contribution >= 0.6 is 0 Å². The van der Waals surface area contributed by atoms with Crippen LogP contribution in [0.25, 0.3) is 0 Å². The average Bonchev–Trinajstić information content (AvgIpc) is 2.07. The Bertz CT molecular complexity index is 199. The molecule has 0 unspecified atom stereocenters. The Morgan fingerprint density at radius 1 is 1.43 bits per heavy atom. The molecular formula is C9H16F2N2O. The van der Waals surface area contributed by atoms with Crippen molar-refractivity contribution in [3.63, 3.8) is 0 Å². The number of hydrogen-bond acceptors (Lipinski definition) is 2. The summed E-state index contributed by atoms with van der Waals surface area (Å²) in [6.07, 6.45) is -0.125. The van der Waals surface area contributed by atoms with Crippen molar-refractivity contribution in [2.45, 2.75) is 25.7 Å². The van der Waals surface area contributed by atoms with Crippen LogP contribution in [-0.4, -0.2) is 42.9 Å². The summed E-state index contributed by atoms with van der Waals surface area (Å²) < 4.78 is 25.5. The van der Waals surface area contributed by atoms with Crippen molar-refractivity contribution < 1.29 is 13.6 Å². The predicted molar refractivity (Wildman–Crippen MR) is 49.3 cm³/mol. The van der Waals surface area contributed by atoms with Crippen molar-refractivity contribution in [2.75, 3.05) is 26.2 Å². The third-order valence-electron chi connectivity index (χ3n) is 2.39. The van der Waals surface area contributed by atoms with Crippen LogP contribution in [0, 0.1) is 0 Å². The number of nitrogens with zero attached hydrogens (tertiary/aromatic N) is 1. The van der Waals surface area contributed by atoms with Gasteiger partial charge in [0.1, 0.15) is 0 Å². The fraction of sp³-hybridized carbons (Fsp3) is 0.889. The van der Waals surface area contributed by atoms with Gasteiger partial charge in [-0.25, -0.2) is 8.78 Å². The van der Waals surface area contributed by atoms with Crippen LogP contribution in [0.3, 0.4) is 0 Å². The fourth-order valence-corrected chi connectivity index (χ4v) is 1.49. The van der Waals surface area contributed by atoms with Gasteiger partial charge in [-0.15, -0.1) is 0 Å². The number of piperidine rings is 1. The Labute approximate surface area is 82.5 Å². The maximum Gasteiger partial charge on any atom is 0.250 e. The first-order chi connectivity index (χ1) is 6.49. The van der Waals surface area contributed by atoms with Gasteiger partial charge in [0, 0.05) is 45.9 Å². The van der Waals surface area contributed by atoms with Crippen LogP contribution in [0.4, 0.5) is 8.78 Å². The van der Waals surface area contributed by atoms with Crippen molar-refractivity contribution in [3.05, 3.63) is 0 Å². The molecule has 0 aromatic carbocycles. The molecule has 0 aromatic heterocycles. The van der Waals surface area contributed by atoms with Gasteiger partial charge in [0.15, 0.2) is 0 Å². The summed E-state index contributed by atoms with van der Waals surface area (Å²) in [7, 11) is 0. The second kappa shape index (κ2) is 4.68. The lowest BCUT2D eigenvalue weighted by molar-refractivity contribution is -0.119. The maximum absolute atomic E-state index is 12.7. The highest BCUT2D eigenvalue weighted by atomic mass is 19.3. The standard InChI is InChI=1S/C9H16F2N2O/c1-8(14)12-4-7-13-5-2-9(10,11)3-6-13/h2-7H2,1H3,(H,12,14). The van der Waals surface area contributed by atoms with Gasteiger partial charge in [0.05, 0.1) is 0 Å². The normalized spacial score (nSPS) is 21.9. The van der Waals surface area contributed by atoms with Crippen LogP contribution in [0.2, 0.25) is 0 Å². The summed E-state index contributed by atoms with van der Waals surface area (Å²) in [6.45, 7) is 3.50. The van der Waals surface area contributed by atoms with E-state index in [0.29, 0.717) is 26.2 Å². The molecule has 1 rings (SSSR count). The Balaban J connectivity index is 2.13. The fourth-order valence-electron chi connectivity index (χ4n) is 1.49. The van der Waals surface area contributed by atoms with E-state index in [1.165, 1.54) is 6.92 Å². The first kappa shape index (κ1) is 11.4. The molecule has 1 fully saturated rings. The highest BCUT2D eigenvalue weighted by molar-refractivity contribution is 5.72. The van der Waals surface area contributed by atoms with E-state index in [1.54, 1.807) is 0 Å². The van der Waals surface area contributed by atoms with Crippen LogP contribution in [-0.2, 0) is 4.79 Å². The lowest BCUT2D eigenvalue weighted by atomic mass is 10.1. The number of amides is 1. The minimum atomic E-state index is -2.48. The molecule has 1 heterocycles. The second-order valence-electron chi connectivity index (χ2n) is 3.68. The van der Waals surface area contributed by atoms with Crippen molar-refractivity contribution in [3.8, 4) is 0 Å². The summed E-state index contributed by atoms with van der Waals surface area (Å²) in [5.74, 6) is -2.56. The van der Waals surface area contributed by atoms with Crippen LogP contribution in [0.1, 0.15) is 19.8 Å². The number of carbonyl (C=O) groups is 1. The van der Waals surface area contributed by atoms with Gasteiger partial charge in [-0.05, 0) is 0 Å². The molecule has 0 bridgehead atoms. The van der Waals surface area contributed by atoms with Gasteiger partial charge in [-0.1, -0.05) is 0 Å². The van der Waals surface area contributed by atoms with Crippen molar-refractivity contribution in [2.24, 2.45) is 0 Å². The molecule has 0 aromatic rings. The molecule has 0 atom stereocenters. The zero-order chi connectivity index (χ0) is 10.6. The number of rotatable bonds is 3. The zero-order valence-electron chi connectivity index (χ0n) is 8.35. The molecule has 14 heavy (non-hydrogen) atoms. The molecule has 0 spiro atoms. The molecular weight excluding hydrogens is 190 g/mol. The number of carbonyl (C=O) groups excluding carboxylic acids is 1. The summed E-state index contributed by atoms with van der Waals surface area (Å²) in [6, 6.07) is 0. The monoisotopic (exact) mass is 206 g/mol. The van der Waals surface area contributed by atoms with Gasteiger partial charge in [0.25, 0.3) is 5.92 Å². The van der Waals surface area contributed by atoms with E-state index in [-0.39, 0.29) is 18.7 Å². The molecule has 1 aliphatic heterocycles. The molecule has 82 valence electrons. The average molecular weight is 206 g/mol. The number of halogens is 2. The molecule has 1 aliphatic rings. The Hall–Kier alpha value is -0.710. The molecule has 3 nitrogen and oxygen atoms in total. The van der Waals surface area contributed by atoms with Crippen molar-refractivity contribution in [1.29, 1.82) is 0 Å². The van der Waals surface area contributed by atoms with E-state index >= 15 is 0 Å². The van der Waals surface area contributed by atoms with Crippen LogP contribution < -0.4 is 5.32 Å². The highest BCUT2D eigenvalue weighted by Crippen LogP contribution is 2.27. The first-order valence-corrected chi connectivity index (χ1v) is 4.84. The summed E-state index contributed by atoms with van der Waals surface area (Å²) in [5, 5.41) is 2.65. The maximum atomic E-state index is 12.7. The SMILES string of the molecule is CC(=O)NCCN1CCC(F)(F)CC1. The molecule has 1 amide bonds. The topological polar surface area (TPSA) is 32.3 Å². The number of likely N-dealkylation sites (tertiary alicyclic amines) is 1. The minimum Gasteiger partial charge on any atom is -0.355 e. The quantitative estimate of drug-likeness (QED) is 0.742. The molecule has 5 heteroatoms. The number of alkyl halides is 2. The lowest BCUT2D eigenvalue weighted by Gasteiger charge is -2.31. The minimum absolute atomic E-state index is 0.0624. The second-order valence-corrected chi connectivity index (χ2v) is 3.68. The van der Waals surface area contributed by atoms with E-state index in [9.17, 15) is 13.6 Å². The van der Waals surface area contributed by atoms with E-state index in [0.717, 1.165) is 0 Å². The summed E-state index contributed by atoms with van der Waals surface area (Å²) >= 11 is 0. The van der Waals surface area contributed by atoms with Gasteiger partial charge >= 0.3 is 0 Å². The largest absolute Gasteiger partial charge is 0.355 e. The third-order valence-corrected chi connectivity index (χ3v) is 2.39. The van der Waals surface area contributed by atoms with Gasteiger partial charge in [-0.2, -0.15) is 0 Å². The number of nitrogens with one attached hydrogen (secondary N) is 1. The van der Waals surface area contributed by atoms with E-state index in [2.05, 4.69) is 5.32 Å². The van der Waals surface area contributed by atoms with E-state index in [4.69, 9.17) is 0 Å². The van der Waals surface area contributed by atoms with Crippen molar-refractivity contribution in [1.82, 2.24) is 10.2 Å². The van der Waals surface area contributed by atoms with Gasteiger partial charge < -0.3 is 10.2 Å². The smallest absolute Gasteiger partial charge is 0.250 e. The Morgan fingerprint density at radius 2 is 2.00 bits per heavy atom. The predicted octanol–water partition coefficient (Wildman–Crippen LogP) is 0.854. The summed E-state index contributed by atoms with van der Waals surface area (Å²) in [4.78, 5) is 12.5. The van der Waals surface area contributed by atoms with Gasteiger partial charge in [0.2, 0.25) is 5.91 Å². The van der Waals surface area contributed by atoms with Crippen LogP contribution in [0.15, 0.2) is 0 Å². The Kier molecular flexibility index (Phi) is 3.80. The molecule has 0 saturated carbocycles.